The molecule has 7 heteroatoms. The molecule has 3 heterocycles. The lowest BCUT2D eigenvalue weighted by Gasteiger charge is -2.34. The highest BCUT2D eigenvalue weighted by Crippen LogP contribution is 2.14. The summed E-state index contributed by atoms with van der Waals surface area (Å²) in [7, 11) is 1.94. The van der Waals surface area contributed by atoms with E-state index in [9.17, 15) is 0 Å². The van der Waals surface area contributed by atoms with E-state index in [0.29, 0.717) is 5.15 Å². The fraction of sp³-hybridized carbons (Fsp3) is 0.462. The summed E-state index contributed by atoms with van der Waals surface area (Å²) in [5.74, 6) is 1.81. The van der Waals surface area contributed by atoms with E-state index in [1.807, 2.05) is 17.7 Å². The Balaban J connectivity index is 1.58. The number of rotatable bonds is 3. The standard InChI is InChI=1S/C13H17ClN6/c1-18-11(14)9-17-12(18)10-19-5-7-20(8-6-19)13-15-3-2-4-16-13/h2-4,9H,5-8,10H2,1H3. The molecular weight excluding hydrogens is 276 g/mol. The smallest absolute Gasteiger partial charge is 0.225 e. The maximum Gasteiger partial charge on any atom is 0.225 e. The van der Waals surface area contributed by atoms with Gasteiger partial charge in [-0.1, -0.05) is 11.6 Å². The molecule has 0 spiro atoms. The number of nitrogens with zero attached hydrogens (tertiary/aromatic N) is 6. The molecule has 0 unspecified atom stereocenters. The number of imidazole rings is 1. The second-order valence-corrected chi connectivity index (χ2v) is 5.26. The van der Waals surface area contributed by atoms with Gasteiger partial charge in [-0.15, -0.1) is 0 Å². The van der Waals surface area contributed by atoms with Gasteiger partial charge < -0.3 is 9.47 Å². The van der Waals surface area contributed by atoms with Crippen LogP contribution >= 0.6 is 11.6 Å². The molecule has 3 rings (SSSR count). The van der Waals surface area contributed by atoms with Crippen molar-refractivity contribution < 1.29 is 0 Å². The van der Waals surface area contributed by atoms with Crippen molar-refractivity contribution in [2.24, 2.45) is 7.05 Å². The lowest BCUT2D eigenvalue weighted by Crippen LogP contribution is -2.46. The summed E-state index contributed by atoms with van der Waals surface area (Å²) in [5, 5.41) is 0.677. The molecule has 6 nitrogen and oxygen atoms in total. The van der Waals surface area contributed by atoms with Crippen LogP contribution in [0, 0.1) is 0 Å². The quantitative estimate of drug-likeness (QED) is 0.850. The number of hydrogen-bond donors (Lipinski definition) is 0. The normalized spacial score (nSPS) is 16.6. The second kappa shape index (κ2) is 5.76. The van der Waals surface area contributed by atoms with Crippen LogP contribution in [0.15, 0.2) is 24.7 Å². The van der Waals surface area contributed by atoms with Crippen molar-refractivity contribution in [3.63, 3.8) is 0 Å². The predicted molar refractivity (Wildman–Crippen MR) is 77.7 cm³/mol. The Kier molecular flexibility index (Phi) is 3.84. The van der Waals surface area contributed by atoms with Gasteiger partial charge in [0, 0.05) is 45.6 Å². The van der Waals surface area contributed by atoms with Crippen LogP contribution in [-0.2, 0) is 13.6 Å². The SMILES string of the molecule is Cn1c(Cl)cnc1CN1CCN(c2ncccn2)CC1. The van der Waals surface area contributed by atoms with E-state index in [0.717, 1.165) is 44.5 Å². The highest BCUT2D eigenvalue weighted by Gasteiger charge is 2.20. The van der Waals surface area contributed by atoms with Gasteiger partial charge in [0.25, 0.3) is 0 Å². The molecule has 0 saturated carbocycles. The van der Waals surface area contributed by atoms with E-state index >= 15 is 0 Å². The number of hydrogen-bond acceptors (Lipinski definition) is 5. The molecule has 0 aliphatic carbocycles. The first-order valence-electron chi connectivity index (χ1n) is 6.64. The summed E-state index contributed by atoms with van der Waals surface area (Å²) >= 11 is 6.01. The molecule has 20 heavy (non-hydrogen) atoms. The number of halogens is 1. The van der Waals surface area contributed by atoms with Crippen LogP contribution in [0.4, 0.5) is 5.95 Å². The Hall–Kier alpha value is -1.66. The van der Waals surface area contributed by atoms with Crippen LogP contribution in [0.1, 0.15) is 5.82 Å². The van der Waals surface area contributed by atoms with Gasteiger partial charge in [-0.25, -0.2) is 15.0 Å². The van der Waals surface area contributed by atoms with Crippen LogP contribution < -0.4 is 4.90 Å². The van der Waals surface area contributed by atoms with E-state index in [1.165, 1.54) is 0 Å². The molecule has 0 radical (unpaired) electrons. The molecule has 2 aromatic heterocycles. The van der Waals surface area contributed by atoms with Gasteiger partial charge >= 0.3 is 0 Å². The molecule has 0 atom stereocenters. The van der Waals surface area contributed by atoms with Gasteiger partial charge in [0.15, 0.2) is 0 Å². The summed E-state index contributed by atoms with van der Waals surface area (Å²) in [6.45, 7) is 4.64. The lowest BCUT2D eigenvalue weighted by molar-refractivity contribution is 0.241. The molecule has 1 aliphatic rings. The Labute approximate surface area is 123 Å². The van der Waals surface area contributed by atoms with Crippen molar-refractivity contribution in [1.82, 2.24) is 24.4 Å². The van der Waals surface area contributed by atoms with Crippen molar-refractivity contribution in [3.05, 3.63) is 35.6 Å². The molecule has 106 valence electrons. The third kappa shape index (κ3) is 2.76. The zero-order valence-corrected chi connectivity index (χ0v) is 12.2. The highest BCUT2D eigenvalue weighted by atomic mass is 35.5. The van der Waals surface area contributed by atoms with Crippen molar-refractivity contribution in [2.75, 3.05) is 31.1 Å². The Morgan fingerprint density at radius 1 is 1.10 bits per heavy atom. The largest absolute Gasteiger partial charge is 0.338 e. The molecule has 0 amide bonds. The van der Waals surface area contributed by atoms with Gasteiger partial charge in [0.2, 0.25) is 5.95 Å². The Bertz CT molecular complexity index is 561. The first kappa shape index (κ1) is 13.3. The van der Waals surface area contributed by atoms with Gasteiger partial charge in [-0.2, -0.15) is 0 Å². The molecule has 1 saturated heterocycles. The average molecular weight is 293 g/mol. The van der Waals surface area contributed by atoms with Gasteiger partial charge in [-0.05, 0) is 6.07 Å². The minimum atomic E-state index is 0.677. The first-order valence-corrected chi connectivity index (χ1v) is 7.02. The topological polar surface area (TPSA) is 50.1 Å². The van der Waals surface area contributed by atoms with Gasteiger partial charge in [0.05, 0.1) is 12.7 Å². The summed E-state index contributed by atoms with van der Waals surface area (Å²) in [6.07, 6.45) is 5.26. The monoisotopic (exact) mass is 292 g/mol. The Morgan fingerprint density at radius 3 is 2.40 bits per heavy atom. The van der Waals surface area contributed by atoms with E-state index in [1.54, 1.807) is 18.6 Å². The molecule has 2 aromatic rings. The number of anilines is 1. The van der Waals surface area contributed by atoms with Crippen LogP contribution in [0.5, 0.6) is 0 Å². The minimum Gasteiger partial charge on any atom is -0.338 e. The van der Waals surface area contributed by atoms with Crippen molar-refractivity contribution in [1.29, 1.82) is 0 Å². The summed E-state index contributed by atoms with van der Waals surface area (Å²) < 4.78 is 1.92. The van der Waals surface area contributed by atoms with E-state index in [4.69, 9.17) is 11.6 Å². The summed E-state index contributed by atoms with van der Waals surface area (Å²) in [4.78, 5) is 17.5. The maximum atomic E-state index is 6.01. The summed E-state index contributed by atoms with van der Waals surface area (Å²) in [5.41, 5.74) is 0. The van der Waals surface area contributed by atoms with E-state index < -0.39 is 0 Å². The van der Waals surface area contributed by atoms with Crippen LogP contribution in [-0.4, -0.2) is 50.6 Å². The molecule has 0 aromatic carbocycles. The number of aromatic nitrogens is 4. The van der Waals surface area contributed by atoms with Crippen molar-refractivity contribution in [3.8, 4) is 0 Å². The summed E-state index contributed by atoms with van der Waals surface area (Å²) in [6, 6.07) is 1.84. The third-order valence-corrected chi connectivity index (χ3v) is 3.95. The molecule has 1 fully saturated rings. The van der Waals surface area contributed by atoms with E-state index in [-0.39, 0.29) is 0 Å². The predicted octanol–water partition coefficient (Wildman–Crippen LogP) is 1.19. The fourth-order valence-electron chi connectivity index (χ4n) is 2.33. The van der Waals surface area contributed by atoms with Crippen LogP contribution in [0.25, 0.3) is 0 Å². The molecular formula is C13H17ClN6. The molecule has 0 N–H and O–H groups in total. The fourth-order valence-corrected chi connectivity index (χ4v) is 2.48. The van der Waals surface area contributed by atoms with Gasteiger partial charge in [-0.3, -0.25) is 4.90 Å². The van der Waals surface area contributed by atoms with Crippen LogP contribution in [0.3, 0.4) is 0 Å². The Morgan fingerprint density at radius 2 is 1.80 bits per heavy atom. The van der Waals surface area contributed by atoms with Gasteiger partial charge in [0.1, 0.15) is 11.0 Å². The molecule has 1 aliphatic heterocycles. The van der Waals surface area contributed by atoms with E-state index in [2.05, 4.69) is 24.8 Å². The van der Waals surface area contributed by atoms with Crippen molar-refractivity contribution >= 4 is 17.5 Å². The van der Waals surface area contributed by atoms with Crippen molar-refractivity contribution in [2.45, 2.75) is 6.54 Å². The maximum absolute atomic E-state index is 6.01. The molecule has 0 bridgehead atoms. The highest BCUT2D eigenvalue weighted by molar-refractivity contribution is 6.29. The zero-order valence-electron chi connectivity index (χ0n) is 11.4. The zero-order chi connectivity index (χ0) is 13.9. The number of piperazine rings is 1. The lowest BCUT2D eigenvalue weighted by atomic mass is 10.3. The average Bonchev–Trinajstić information content (AvgIpc) is 2.81. The minimum absolute atomic E-state index is 0.677. The second-order valence-electron chi connectivity index (χ2n) is 4.87. The van der Waals surface area contributed by atoms with Crippen LogP contribution in [0.2, 0.25) is 5.15 Å². The third-order valence-electron chi connectivity index (χ3n) is 3.60. The first-order chi connectivity index (χ1) is 9.74.